The molecular formula is C29H42O9S. The van der Waals surface area contributed by atoms with Crippen LogP contribution < -0.4 is 0 Å². The molecule has 3 saturated carbocycles. The second kappa shape index (κ2) is 10.7. The fourth-order valence-corrected chi connectivity index (χ4v) is 8.55. The first-order valence-electron chi connectivity index (χ1n) is 14.0. The molecule has 4 aliphatic carbocycles. The summed E-state index contributed by atoms with van der Waals surface area (Å²) in [5.74, 6) is -0.814. The minimum Gasteiger partial charge on any atom is -0.434 e. The normalized spacial score (nSPS) is 38.2. The van der Waals surface area contributed by atoms with Gasteiger partial charge in [0.15, 0.2) is 11.4 Å². The van der Waals surface area contributed by atoms with E-state index in [0.29, 0.717) is 12.8 Å². The zero-order valence-electron chi connectivity index (χ0n) is 23.6. The Kier molecular flexibility index (Phi) is 8.25. The van der Waals surface area contributed by atoms with Crippen LogP contribution in [0.2, 0.25) is 0 Å². The van der Waals surface area contributed by atoms with Crippen molar-refractivity contribution in [3.8, 4) is 0 Å². The Morgan fingerprint density at radius 3 is 2.62 bits per heavy atom. The van der Waals surface area contributed by atoms with Gasteiger partial charge in [0.05, 0.1) is 19.0 Å². The fraction of sp³-hybridized carbons (Fsp3) is 0.759. The number of hydrogen-bond acceptors (Lipinski definition) is 9. The number of aliphatic hydroxyl groups excluding tert-OH is 1. The van der Waals surface area contributed by atoms with E-state index >= 15 is 0 Å². The van der Waals surface area contributed by atoms with Gasteiger partial charge < -0.3 is 14.6 Å². The lowest BCUT2D eigenvalue weighted by Gasteiger charge is -2.59. The van der Waals surface area contributed by atoms with Gasteiger partial charge in [0.25, 0.3) is 10.1 Å². The second-order valence-corrected chi connectivity index (χ2v) is 14.2. The molecule has 0 aromatic heterocycles. The van der Waals surface area contributed by atoms with Crippen LogP contribution in [0.5, 0.6) is 0 Å². The molecule has 3 fully saturated rings. The van der Waals surface area contributed by atoms with E-state index in [1.807, 2.05) is 26.8 Å². The van der Waals surface area contributed by atoms with E-state index < -0.39 is 51.2 Å². The number of allylic oxidation sites excluding steroid dienone is 4. The van der Waals surface area contributed by atoms with Crippen LogP contribution in [-0.4, -0.2) is 62.4 Å². The summed E-state index contributed by atoms with van der Waals surface area (Å²) in [7, 11) is -3.92. The number of ketones is 2. The molecule has 2 unspecified atom stereocenters. The van der Waals surface area contributed by atoms with Crippen LogP contribution >= 0.6 is 0 Å². The predicted octanol–water partition coefficient (Wildman–Crippen LogP) is 4.14. The van der Waals surface area contributed by atoms with Gasteiger partial charge in [-0.05, 0) is 68.4 Å². The van der Waals surface area contributed by atoms with Crippen LogP contribution in [-0.2, 0) is 33.4 Å². The molecule has 0 aliphatic heterocycles. The lowest BCUT2D eigenvalue weighted by atomic mass is 9.46. The van der Waals surface area contributed by atoms with E-state index in [1.165, 1.54) is 0 Å². The summed E-state index contributed by atoms with van der Waals surface area (Å²) >= 11 is 0. The fourth-order valence-electron chi connectivity index (χ4n) is 8.23. The zero-order valence-corrected chi connectivity index (χ0v) is 24.4. The number of Topliss-reactive ketones (excluding diaryl/α,β-unsaturated/α-hetero) is 1. The highest BCUT2D eigenvalue weighted by molar-refractivity contribution is 7.86. The van der Waals surface area contributed by atoms with Crippen molar-refractivity contribution in [3.63, 3.8) is 0 Å². The number of rotatable bonds is 9. The van der Waals surface area contributed by atoms with Crippen LogP contribution in [0, 0.1) is 34.5 Å². The van der Waals surface area contributed by atoms with Crippen molar-refractivity contribution >= 4 is 27.8 Å². The average molecular weight is 567 g/mol. The van der Waals surface area contributed by atoms with Gasteiger partial charge in [0, 0.05) is 16.7 Å². The lowest BCUT2D eigenvalue weighted by molar-refractivity contribution is -0.183. The van der Waals surface area contributed by atoms with Crippen LogP contribution in [0.4, 0.5) is 4.79 Å². The van der Waals surface area contributed by atoms with Crippen LogP contribution in [0.3, 0.4) is 0 Å². The first-order chi connectivity index (χ1) is 18.2. The Hall–Kier alpha value is -2.04. The molecule has 0 aromatic carbocycles. The van der Waals surface area contributed by atoms with Gasteiger partial charge in [-0.25, -0.2) is 4.79 Å². The molecule has 10 heteroatoms. The second-order valence-electron chi connectivity index (χ2n) is 12.5. The number of ether oxygens (including phenoxy) is 2. The summed E-state index contributed by atoms with van der Waals surface area (Å²) < 4.78 is 39.7. The molecule has 8 atom stereocenters. The third-order valence-corrected chi connectivity index (χ3v) is 10.5. The van der Waals surface area contributed by atoms with Gasteiger partial charge in [-0.1, -0.05) is 45.8 Å². The Balaban J connectivity index is 1.67. The summed E-state index contributed by atoms with van der Waals surface area (Å²) in [4.78, 5) is 38.9. The smallest absolute Gasteiger partial charge is 0.434 e. The molecule has 0 bridgehead atoms. The third-order valence-electron chi connectivity index (χ3n) is 10.00. The molecule has 4 rings (SSSR count). The summed E-state index contributed by atoms with van der Waals surface area (Å²) in [6.07, 6.45) is 8.35. The SMILES string of the molecule is CCCC(C)COC(=O)O[C@]1(C(=O)COS(C)(=O)=O)CC[C@H]2[C@@H]3CCC4=CC(=O)C=C[C@]4(C)[C@H]3C(O)C[C@@]21C. The van der Waals surface area contributed by atoms with Crippen LogP contribution in [0.15, 0.2) is 23.8 Å². The van der Waals surface area contributed by atoms with Crippen molar-refractivity contribution in [2.45, 2.75) is 84.3 Å². The topological polar surface area (TPSA) is 133 Å². The quantitative estimate of drug-likeness (QED) is 0.323. The van der Waals surface area contributed by atoms with Crippen molar-refractivity contribution in [3.05, 3.63) is 23.8 Å². The molecule has 0 saturated heterocycles. The monoisotopic (exact) mass is 566 g/mol. The first-order valence-corrected chi connectivity index (χ1v) is 15.8. The maximum absolute atomic E-state index is 13.8. The Bertz CT molecular complexity index is 1170. The third kappa shape index (κ3) is 5.36. The van der Waals surface area contributed by atoms with Crippen LogP contribution in [0.25, 0.3) is 0 Å². The standard InChI is InChI=1S/C29H42O9S/c1-6-7-18(2)16-36-26(33)38-29(24(32)17-37-39(5,34)35)13-11-22-21-9-8-19-14-20(30)10-12-27(19,3)25(21)23(31)15-28(22,29)4/h10,12,14,18,21-23,25,31H,6-9,11,13,15-17H2,1-5H3/t18?,21-,22-,23?,25+,27-,28-,29-/m0/s1. The van der Waals surface area contributed by atoms with E-state index in [0.717, 1.165) is 31.1 Å². The first kappa shape index (κ1) is 29.9. The molecule has 1 N–H and O–H groups in total. The van der Waals surface area contributed by atoms with E-state index in [2.05, 4.69) is 6.92 Å². The van der Waals surface area contributed by atoms with E-state index in [1.54, 1.807) is 12.2 Å². The maximum Gasteiger partial charge on any atom is 0.509 e. The number of aliphatic hydroxyl groups is 1. The summed E-state index contributed by atoms with van der Waals surface area (Å²) in [6.45, 7) is 7.30. The van der Waals surface area contributed by atoms with E-state index in [-0.39, 0.29) is 48.9 Å². The largest absolute Gasteiger partial charge is 0.509 e. The molecule has 0 aromatic rings. The van der Waals surface area contributed by atoms with Gasteiger partial charge >= 0.3 is 6.16 Å². The number of carbonyl (C=O) groups is 3. The Morgan fingerprint density at radius 1 is 1.23 bits per heavy atom. The number of carbonyl (C=O) groups excluding carboxylic acids is 3. The van der Waals surface area contributed by atoms with Gasteiger partial charge in [-0.15, -0.1) is 0 Å². The molecule has 0 heterocycles. The maximum atomic E-state index is 13.8. The molecule has 0 amide bonds. The highest BCUT2D eigenvalue weighted by Gasteiger charge is 2.70. The summed E-state index contributed by atoms with van der Waals surface area (Å²) in [5, 5.41) is 11.7. The van der Waals surface area contributed by atoms with Gasteiger partial charge in [-0.3, -0.25) is 13.8 Å². The van der Waals surface area contributed by atoms with Crippen molar-refractivity contribution < 1.29 is 41.6 Å². The molecule has 0 spiro atoms. The van der Waals surface area contributed by atoms with Gasteiger partial charge in [0.1, 0.15) is 6.61 Å². The van der Waals surface area contributed by atoms with Crippen molar-refractivity contribution in [1.82, 2.24) is 0 Å². The summed E-state index contributed by atoms with van der Waals surface area (Å²) in [5.41, 5.74) is -2.14. The van der Waals surface area contributed by atoms with E-state index in [4.69, 9.17) is 13.7 Å². The molecular weight excluding hydrogens is 524 g/mol. The molecule has 0 radical (unpaired) electrons. The highest BCUT2D eigenvalue weighted by atomic mass is 32.2. The molecule has 218 valence electrons. The molecule has 4 aliphatic rings. The molecule has 9 nitrogen and oxygen atoms in total. The average Bonchev–Trinajstić information content (AvgIpc) is 3.13. The zero-order chi connectivity index (χ0) is 28.8. The van der Waals surface area contributed by atoms with Crippen LogP contribution in [0.1, 0.15) is 72.6 Å². The summed E-state index contributed by atoms with van der Waals surface area (Å²) in [6, 6.07) is 0. The molecule has 39 heavy (non-hydrogen) atoms. The van der Waals surface area contributed by atoms with Crippen molar-refractivity contribution in [2.75, 3.05) is 19.5 Å². The van der Waals surface area contributed by atoms with Crippen molar-refractivity contribution in [2.24, 2.45) is 34.5 Å². The number of hydrogen-bond donors (Lipinski definition) is 1. The lowest BCUT2D eigenvalue weighted by Crippen LogP contribution is -2.63. The Morgan fingerprint density at radius 2 is 1.95 bits per heavy atom. The minimum atomic E-state index is -3.92. The van der Waals surface area contributed by atoms with E-state index in [9.17, 15) is 27.9 Å². The predicted molar refractivity (Wildman–Crippen MR) is 143 cm³/mol. The van der Waals surface area contributed by atoms with Crippen molar-refractivity contribution in [1.29, 1.82) is 0 Å². The Labute approximate surface area is 231 Å². The van der Waals surface area contributed by atoms with Gasteiger partial charge in [-0.2, -0.15) is 8.42 Å². The highest BCUT2D eigenvalue weighted by Crippen LogP contribution is 2.68. The number of fused-ring (bicyclic) bond motifs is 5. The van der Waals surface area contributed by atoms with Gasteiger partial charge in [0.2, 0.25) is 5.78 Å². The minimum absolute atomic E-state index is 0.00782.